The highest BCUT2D eigenvalue weighted by atomic mass is 35.5. The molecule has 36 heavy (non-hydrogen) atoms. The van der Waals surface area contributed by atoms with Crippen molar-refractivity contribution in [1.29, 1.82) is 0 Å². The van der Waals surface area contributed by atoms with Gasteiger partial charge in [-0.1, -0.05) is 24.4 Å². The maximum Gasteiger partial charge on any atom is 0.249 e. The number of amides is 1. The molecule has 1 aliphatic heterocycles. The summed E-state index contributed by atoms with van der Waals surface area (Å²) in [4.78, 5) is 19.5. The molecular formula is C27H37ClFN3O3S. The van der Waals surface area contributed by atoms with Crippen LogP contribution < -0.4 is 10.2 Å². The molecule has 1 aromatic heterocycles. The predicted molar refractivity (Wildman–Crippen MR) is 144 cm³/mol. The highest BCUT2D eigenvalue weighted by Gasteiger charge is 2.41. The van der Waals surface area contributed by atoms with Crippen LogP contribution in [0.2, 0.25) is 5.02 Å². The average molecular weight is 538 g/mol. The highest BCUT2D eigenvalue weighted by molar-refractivity contribution is 7.99. The Morgan fingerprint density at radius 2 is 2.11 bits per heavy atom. The second-order valence-corrected chi connectivity index (χ2v) is 11.9. The molecule has 0 radical (unpaired) electrons. The number of rotatable bonds is 11. The Bertz CT molecular complexity index is 1030. The number of thioether (sulfide) groups is 1. The fourth-order valence-corrected chi connectivity index (χ4v) is 7.23. The largest absolute Gasteiger partial charge is 0.497 e. The van der Waals surface area contributed by atoms with E-state index >= 15 is 4.39 Å². The summed E-state index contributed by atoms with van der Waals surface area (Å²) in [5.41, 5.74) is 2.08. The number of carbonyl (C=O) groups is 1. The Hall–Kier alpha value is -1.61. The molecule has 1 aliphatic carbocycles. The van der Waals surface area contributed by atoms with Gasteiger partial charge >= 0.3 is 0 Å². The molecule has 2 aliphatic rings. The van der Waals surface area contributed by atoms with E-state index in [4.69, 9.17) is 16.3 Å². The number of hydrogen-bond donors (Lipinski definition) is 2. The van der Waals surface area contributed by atoms with Crippen LogP contribution in [0, 0.1) is 5.41 Å². The van der Waals surface area contributed by atoms with Crippen molar-refractivity contribution in [3.8, 4) is 5.75 Å². The van der Waals surface area contributed by atoms with E-state index in [9.17, 15) is 10.0 Å². The fourth-order valence-electron chi connectivity index (χ4n) is 5.67. The Balaban J connectivity index is 1.36. The molecule has 4 rings (SSSR count). The number of nitrogens with zero attached hydrogens (tertiary/aromatic N) is 2. The van der Waals surface area contributed by atoms with E-state index in [1.807, 2.05) is 5.48 Å². The van der Waals surface area contributed by atoms with Crippen LogP contribution in [-0.4, -0.2) is 58.7 Å². The van der Waals surface area contributed by atoms with Gasteiger partial charge in [-0.3, -0.25) is 15.0 Å². The molecule has 1 amide bonds. The first-order chi connectivity index (χ1) is 17.5. The molecule has 198 valence electrons. The van der Waals surface area contributed by atoms with Crippen LogP contribution in [0.1, 0.15) is 69.5 Å². The monoisotopic (exact) mass is 537 g/mol. The molecule has 2 heterocycles. The van der Waals surface area contributed by atoms with Crippen molar-refractivity contribution in [2.45, 2.75) is 69.2 Å². The van der Waals surface area contributed by atoms with Crippen molar-refractivity contribution in [3.63, 3.8) is 0 Å². The van der Waals surface area contributed by atoms with Crippen LogP contribution in [0.5, 0.6) is 5.75 Å². The third-order valence-electron chi connectivity index (χ3n) is 7.93. The molecular weight excluding hydrogens is 501 g/mol. The molecule has 1 saturated carbocycles. The summed E-state index contributed by atoms with van der Waals surface area (Å²) in [6.45, 7) is 2.56. The van der Waals surface area contributed by atoms with Crippen molar-refractivity contribution in [2.24, 2.45) is 5.41 Å². The molecule has 1 saturated heterocycles. The lowest BCUT2D eigenvalue weighted by Gasteiger charge is -2.40. The molecule has 0 bridgehead atoms. The molecule has 2 aromatic rings. The first-order valence-corrected chi connectivity index (χ1v) is 14.4. The summed E-state index contributed by atoms with van der Waals surface area (Å²) in [6, 6.07) is 5.31. The maximum atomic E-state index is 15.7. The topological polar surface area (TPSA) is 74.7 Å². The minimum absolute atomic E-state index is 0.126. The van der Waals surface area contributed by atoms with Gasteiger partial charge in [0.25, 0.3) is 0 Å². The second-order valence-electron chi connectivity index (χ2n) is 10.1. The number of methoxy groups -OCH3 is 1. The van der Waals surface area contributed by atoms with Crippen LogP contribution in [-0.2, 0) is 4.79 Å². The van der Waals surface area contributed by atoms with Gasteiger partial charge < -0.3 is 9.64 Å². The van der Waals surface area contributed by atoms with Crippen LogP contribution in [0.3, 0.4) is 0 Å². The van der Waals surface area contributed by atoms with E-state index in [1.165, 1.54) is 37.6 Å². The van der Waals surface area contributed by atoms with Crippen molar-refractivity contribution in [2.75, 3.05) is 32.5 Å². The minimum Gasteiger partial charge on any atom is -0.497 e. The first kappa shape index (κ1) is 27.4. The van der Waals surface area contributed by atoms with E-state index in [2.05, 4.69) is 21.6 Å². The highest BCUT2D eigenvalue weighted by Crippen LogP contribution is 2.42. The number of nitrogens with one attached hydrogen (secondary N) is 1. The zero-order valence-electron chi connectivity index (χ0n) is 21.0. The SMILES string of the molecule is COc1ccc2ncc(Cl)c(C(F)CCC3(C(=O)NO)CCN(CCCSC4CCCC4)CC3)c2c1. The maximum absolute atomic E-state index is 15.7. The lowest BCUT2D eigenvalue weighted by Crippen LogP contribution is -2.48. The van der Waals surface area contributed by atoms with Crippen LogP contribution in [0.15, 0.2) is 24.4 Å². The Morgan fingerprint density at radius 1 is 1.36 bits per heavy atom. The third kappa shape index (κ3) is 6.44. The molecule has 9 heteroatoms. The van der Waals surface area contributed by atoms with Crippen LogP contribution >= 0.6 is 23.4 Å². The Morgan fingerprint density at radius 3 is 2.81 bits per heavy atom. The predicted octanol–water partition coefficient (Wildman–Crippen LogP) is 6.34. The lowest BCUT2D eigenvalue weighted by atomic mass is 9.73. The second kappa shape index (κ2) is 12.8. The number of benzene rings is 1. The first-order valence-electron chi connectivity index (χ1n) is 13.0. The number of piperidine rings is 1. The zero-order valence-corrected chi connectivity index (χ0v) is 22.6. The fraction of sp³-hybridized carbons (Fsp3) is 0.630. The van der Waals surface area contributed by atoms with Gasteiger partial charge in [0.05, 0.1) is 23.1 Å². The minimum atomic E-state index is -1.37. The van der Waals surface area contributed by atoms with Gasteiger partial charge in [-0.05, 0) is 88.5 Å². The van der Waals surface area contributed by atoms with Gasteiger partial charge in [0.2, 0.25) is 5.91 Å². The summed E-state index contributed by atoms with van der Waals surface area (Å²) in [5, 5.41) is 11.2. The standard InChI is InChI=1S/C27H37ClFN3O3S/c1-35-19-7-8-24-21(17-19)25(22(28)18-30-24)23(29)9-10-27(26(33)31-34)11-14-32(15-12-27)13-4-16-36-20-5-2-3-6-20/h7-8,17-18,20,23,34H,2-6,9-16H2,1H3,(H,31,33). The van der Waals surface area contributed by atoms with Gasteiger partial charge in [-0.15, -0.1) is 0 Å². The van der Waals surface area contributed by atoms with E-state index in [0.717, 1.165) is 31.3 Å². The number of likely N-dealkylation sites (tertiary alicyclic amines) is 1. The van der Waals surface area contributed by atoms with Crippen molar-refractivity contribution >= 4 is 40.2 Å². The molecule has 1 atom stereocenters. The lowest BCUT2D eigenvalue weighted by molar-refractivity contribution is -0.143. The van der Waals surface area contributed by atoms with Crippen molar-refractivity contribution in [1.82, 2.24) is 15.4 Å². The Kier molecular flexibility index (Phi) is 9.72. The summed E-state index contributed by atoms with van der Waals surface area (Å²) in [7, 11) is 1.56. The number of carbonyl (C=O) groups excluding carboxylic acids is 1. The van der Waals surface area contributed by atoms with Gasteiger partial charge in [-0.25, -0.2) is 9.87 Å². The van der Waals surface area contributed by atoms with Gasteiger partial charge in [-0.2, -0.15) is 11.8 Å². The van der Waals surface area contributed by atoms with Crippen LogP contribution in [0.25, 0.3) is 10.9 Å². The van der Waals surface area contributed by atoms with Crippen molar-refractivity contribution < 1.29 is 19.1 Å². The number of fused-ring (bicyclic) bond motifs is 1. The summed E-state index contributed by atoms with van der Waals surface area (Å²) >= 11 is 8.50. The third-order valence-corrected chi connectivity index (χ3v) is 9.70. The number of aromatic nitrogens is 1. The number of pyridine rings is 1. The summed E-state index contributed by atoms with van der Waals surface area (Å²) in [6.07, 6.45) is 8.35. The Labute approximate surface area is 222 Å². The van der Waals surface area contributed by atoms with E-state index in [0.29, 0.717) is 41.5 Å². The average Bonchev–Trinajstić information content (AvgIpc) is 3.43. The normalized spacial score (nSPS) is 19.4. The number of ether oxygens (including phenoxy) is 1. The molecule has 6 nitrogen and oxygen atoms in total. The number of hydrogen-bond acceptors (Lipinski definition) is 6. The molecule has 2 N–H and O–H groups in total. The zero-order chi connectivity index (χ0) is 25.5. The molecule has 2 fully saturated rings. The summed E-state index contributed by atoms with van der Waals surface area (Å²) in [5.74, 6) is 1.36. The molecule has 1 aromatic carbocycles. The quantitative estimate of drug-likeness (QED) is 0.198. The van der Waals surface area contributed by atoms with E-state index < -0.39 is 17.5 Å². The number of alkyl halides is 1. The molecule has 0 spiro atoms. The number of hydroxylamine groups is 1. The number of halogens is 2. The summed E-state index contributed by atoms with van der Waals surface area (Å²) < 4.78 is 21.0. The smallest absolute Gasteiger partial charge is 0.249 e. The van der Waals surface area contributed by atoms with E-state index in [1.54, 1.807) is 25.3 Å². The molecule has 1 unspecified atom stereocenters. The van der Waals surface area contributed by atoms with Gasteiger partial charge in [0.1, 0.15) is 11.9 Å². The van der Waals surface area contributed by atoms with Crippen LogP contribution in [0.4, 0.5) is 4.39 Å². The van der Waals surface area contributed by atoms with Gasteiger partial charge in [0.15, 0.2) is 0 Å². The van der Waals surface area contributed by atoms with Crippen molar-refractivity contribution in [3.05, 3.63) is 35.0 Å². The van der Waals surface area contributed by atoms with E-state index in [-0.39, 0.29) is 11.4 Å². The van der Waals surface area contributed by atoms with Gasteiger partial charge in [0, 0.05) is 22.4 Å².